The Morgan fingerprint density at radius 2 is 1.02 bits per heavy atom. The third-order valence-electron chi connectivity index (χ3n) is 10.2. The molecule has 3 unspecified atom stereocenters. The molecule has 53 heavy (non-hydrogen) atoms. The van der Waals surface area contributed by atoms with E-state index in [-0.39, 0.29) is 24.9 Å². The van der Waals surface area contributed by atoms with Crippen LogP contribution >= 0.6 is 0 Å². The van der Waals surface area contributed by atoms with Crippen molar-refractivity contribution in [3.8, 4) is 0 Å². The topological polar surface area (TPSA) is 95.9 Å². The summed E-state index contributed by atoms with van der Waals surface area (Å²) in [5.41, 5.74) is 0. The van der Waals surface area contributed by atoms with Crippen molar-refractivity contribution in [2.75, 3.05) is 6.61 Å². The maximum absolute atomic E-state index is 13.1. The van der Waals surface area contributed by atoms with E-state index in [1.165, 1.54) is 89.9 Å². The van der Waals surface area contributed by atoms with Crippen LogP contribution in [-0.2, 0) is 14.3 Å². The van der Waals surface area contributed by atoms with E-state index < -0.39 is 18.2 Å². The quantitative estimate of drug-likeness (QED) is 0.0330. The minimum Gasteiger partial charge on any atom is -0.462 e. The molecule has 0 bridgehead atoms. The standard InChI is InChI=1S/C47H87NO5/c1-4-7-10-13-16-19-22-23-24-25-26-29-32-35-38-43(53-47(52)40-37-34-31-28-21-18-15-12-9-6-3)41-46(51)48-44(42-49)45(50)39-36-33-30-27-20-17-14-11-8-5-2/h7,10,16,19,23-24,43-45,49-50H,4-6,8-9,11-15,17-18,20-22,25-42H2,1-3H3,(H,48,51)/b10-7+,19-16+,24-23+. The summed E-state index contributed by atoms with van der Waals surface area (Å²) < 4.78 is 5.89. The Morgan fingerprint density at radius 3 is 1.55 bits per heavy atom. The second-order valence-corrected chi connectivity index (χ2v) is 15.4. The van der Waals surface area contributed by atoms with E-state index in [0.717, 1.165) is 89.9 Å². The average molecular weight is 746 g/mol. The Kier molecular flexibility index (Phi) is 39.8. The zero-order valence-electron chi connectivity index (χ0n) is 35.1. The Bertz CT molecular complexity index is 884. The normalized spacial score (nSPS) is 13.7. The monoisotopic (exact) mass is 746 g/mol. The van der Waals surface area contributed by atoms with Crippen molar-refractivity contribution < 1.29 is 24.5 Å². The predicted molar refractivity (Wildman–Crippen MR) is 227 cm³/mol. The number of ether oxygens (including phenoxy) is 1. The van der Waals surface area contributed by atoms with Gasteiger partial charge in [-0.15, -0.1) is 0 Å². The largest absolute Gasteiger partial charge is 0.462 e. The summed E-state index contributed by atoms with van der Waals surface area (Å²) in [6.07, 6.45) is 46.3. The fraction of sp³-hybridized carbons (Fsp3) is 0.830. The molecule has 0 saturated heterocycles. The SMILES string of the molecule is CC/C=C/C/C=C/C/C=C/CCCCCCC(CC(=O)NC(CO)C(O)CCCCCCCCCCCC)OC(=O)CCCCCCCCCCCC. The molecule has 0 spiro atoms. The molecule has 0 radical (unpaired) electrons. The second kappa shape index (κ2) is 41.2. The zero-order chi connectivity index (χ0) is 38.9. The van der Waals surface area contributed by atoms with Gasteiger partial charge in [0.2, 0.25) is 5.91 Å². The van der Waals surface area contributed by atoms with Gasteiger partial charge in [-0.05, 0) is 57.8 Å². The van der Waals surface area contributed by atoms with Crippen molar-refractivity contribution in [2.45, 2.75) is 244 Å². The number of aliphatic hydroxyl groups excluding tert-OH is 2. The average Bonchev–Trinajstić information content (AvgIpc) is 3.15. The van der Waals surface area contributed by atoms with Crippen LogP contribution in [0, 0.1) is 0 Å². The molecule has 0 saturated carbocycles. The van der Waals surface area contributed by atoms with Crippen LogP contribution in [0.4, 0.5) is 0 Å². The molecule has 0 aromatic heterocycles. The Morgan fingerprint density at radius 1 is 0.566 bits per heavy atom. The summed E-state index contributed by atoms with van der Waals surface area (Å²) >= 11 is 0. The fourth-order valence-electron chi connectivity index (χ4n) is 6.80. The molecule has 0 rings (SSSR count). The molecular weight excluding hydrogens is 659 g/mol. The lowest BCUT2D eigenvalue weighted by Gasteiger charge is -2.24. The van der Waals surface area contributed by atoms with Gasteiger partial charge in [0.25, 0.3) is 0 Å². The second-order valence-electron chi connectivity index (χ2n) is 15.4. The van der Waals surface area contributed by atoms with E-state index in [9.17, 15) is 19.8 Å². The maximum Gasteiger partial charge on any atom is 0.306 e. The van der Waals surface area contributed by atoms with Crippen molar-refractivity contribution in [2.24, 2.45) is 0 Å². The molecule has 6 nitrogen and oxygen atoms in total. The fourth-order valence-corrected chi connectivity index (χ4v) is 6.80. The van der Waals surface area contributed by atoms with Gasteiger partial charge in [0.15, 0.2) is 0 Å². The number of hydrogen-bond donors (Lipinski definition) is 3. The van der Waals surface area contributed by atoms with Gasteiger partial charge in [-0.1, -0.05) is 192 Å². The minimum absolute atomic E-state index is 0.0652. The number of carbonyl (C=O) groups excluding carboxylic acids is 2. The van der Waals surface area contributed by atoms with Crippen LogP contribution in [0.2, 0.25) is 0 Å². The van der Waals surface area contributed by atoms with Crippen LogP contribution in [0.25, 0.3) is 0 Å². The van der Waals surface area contributed by atoms with Gasteiger partial charge < -0.3 is 20.3 Å². The lowest BCUT2D eigenvalue weighted by Crippen LogP contribution is -2.46. The highest BCUT2D eigenvalue weighted by atomic mass is 16.5. The molecule has 310 valence electrons. The summed E-state index contributed by atoms with van der Waals surface area (Å²) in [6, 6.07) is -0.703. The van der Waals surface area contributed by atoms with Crippen molar-refractivity contribution in [3.63, 3.8) is 0 Å². The third-order valence-corrected chi connectivity index (χ3v) is 10.2. The first kappa shape index (κ1) is 51.1. The molecular formula is C47H87NO5. The molecule has 0 aromatic carbocycles. The molecule has 0 fully saturated rings. The van der Waals surface area contributed by atoms with Gasteiger partial charge in [-0.2, -0.15) is 0 Å². The van der Waals surface area contributed by atoms with Crippen LogP contribution in [0.15, 0.2) is 36.5 Å². The van der Waals surface area contributed by atoms with Gasteiger partial charge >= 0.3 is 5.97 Å². The Balaban J connectivity index is 4.64. The van der Waals surface area contributed by atoms with Crippen LogP contribution in [0.5, 0.6) is 0 Å². The van der Waals surface area contributed by atoms with E-state index in [1.54, 1.807) is 0 Å². The zero-order valence-corrected chi connectivity index (χ0v) is 35.1. The van der Waals surface area contributed by atoms with Crippen molar-refractivity contribution in [1.82, 2.24) is 5.32 Å². The first-order chi connectivity index (χ1) is 26.0. The number of esters is 1. The van der Waals surface area contributed by atoms with Gasteiger partial charge in [-0.25, -0.2) is 0 Å². The number of amides is 1. The van der Waals surface area contributed by atoms with E-state index >= 15 is 0 Å². The van der Waals surface area contributed by atoms with Crippen molar-refractivity contribution >= 4 is 11.9 Å². The van der Waals surface area contributed by atoms with Crippen LogP contribution in [0.3, 0.4) is 0 Å². The first-order valence-electron chi connectivity index (χ1n) is 22.7. The number of rotatable bonds is 40. The summed E-state index contributed by atoms with van der Waals surface area (Å²) in [6.45, 7) is 6.33. The molecule has 6 heteroatoms. The number of allylic oxidation sites excluding steroid dienone is 6. The first-order valence-corrected chi connectivity index (χ1v) is 22.7. The molecule has 0 aliphatic heterocycles. The van der Waals surface area contributed by atoms with Gasteiger partial charge in [-0.3, -0.25) is 9.59 Å². The summed E-state index contributed by atoms with van der Waals surface area (Å²) in [7, 11) is 0. The molecule has 0 heterocycles. The maximum atomic E-state index is 13.1. The van der Waals surface area contributed by atoms with E-state index in [0.29, 0.717) is 19.3 Å². The smallest absolute Gasteiger partial charge is 0.306 e. The summed E-state index contributed by atoms with van der Waals surface area (Å²) in [5, 5.41) is 23.6. The number of unbranched alkanes of at least 4 members (excludes halogenated alkanes) is 22. The molecule has 0 aliphatic carbocycles. The van der Waals surface area contributed by atoms with Crippen LogP contribution in [0.1, 0.15) is 226 Å². The molecule has 1 amide bonds. The lowest BCUT2D eigenvalue weighted by molar-refractivity contribution is -0.151. The third kappa shape index (κ3) is 36.8. The van der Waals surface area contributed by atoms with E-state index in [1.807, 2.05) is 0 Å². The highest BCUT2D eigenvalue weighted by molar-refractivity contribution is 5.77. The van der Waals surface area contributed by atoms with Crippen LogP contribution in [-0.4, -0.2) is 46.9 Å². The number of nitrogens with one attached hydrogen (secondary N) is 1. The summed E-state index contributed by atoms with van der Waals surface area (Å²) in [5.74, 6) is -0.494. The highest BCUT2D eigenvalue weighted by Crippen LogP contribution is 2.17. The Labute approximate surface area is 328 Å². The lowest BCUT2D eigenvalue weighted by atomic mass is 10.0. The number of aliphatic hydroxyl groups is 2. The van der Waals surface area contributed by atoms with Gasteiger partial charge in [0, 0.05) is 6.42 Å². The molecule has 0 aromatic rings. The van der Waals surface area contributed by atoms with Crippen molar-refractivity contribution in [3.05, 3.63) is 36.5 Å². The molecule has 0 aliphatic rings. The van der Waals surface area contributed by atoms with Gasteiger partial charge in [0.1, 0.15) is 6.10 Å². The van der Waals surface area contributed by atoms with E-state index in [2.05, 4.69) is 62.5 Å². The molecule has 3 atom stereocenters. The van der Waals surface area contributed by atoms with Crippen LogP contribution < -0.4 is 5.32 Å². The minimum atomic E-state index is -0.789. The number of hydrogen-bond acceptors (Lipinski definition) is 5. The number of carbonyl (C=O) groups is 2. The van der Waals surface area contributed by atoms with Gasteiger partial charge in [0.05, 0.1) is 25.2 Å². The highest BCUT2D eigenvalue weighted by Gasteiger charge is 2.24. The van der Waals surface area contributed by atoms with E-state index in [4.69, 9.17) is 4.74 Å². The predicted octanol–water partition coefficient (Wildman–Crippen LogP) is 12.9. The molecule has 3 N–H and O–H groups in total. The summed E-state index contributed by atoms with van der Waals surface area (Å²) in [4.78, 5) is 25.9. The van der Waals surface area contributed by atoms with Crippen molar-refractivity contribution in [1.29, 1.82) is 0 Å². The Hall–Kier alpha value is -1.92.